The lowest BCUT2D eigenvalue weighted by atomic mass is 10.1. The van der Waals surface area contributed by atoms with Crippen molar-refractivity contribution < 1.29 is 12.8 Å². The lowest BCUT2D eigenvalue weighted by molar-refractivity contribution is 0.464. The number of sulfonamides is 1. The van der Waals surface area contributed by atoms with Crippen molar-refractivity contribution in [3.8, 4) is 0 Å². The molecular weight excluding hydrogens is 276 g/mol. The molecular formula is C14H24N2O3S. The van der Waals surface area contributed by atoms with Gasteiger partial charge in [-0.25, -0.2) is 13.1 Å². The Bertz CT molecular complexity index is 551. The number of hydrogen-bond donors (Lipinski definition) is 2. The number of furan rings is 1. The van der Waals surface area contributed by atoms with E-state index in [0.717, 1.165) is 12.8 Å². The Morgan fingerprint density at radius 2 is 2.15 bits per heavy atom. The van der Waals surface area contributed by atoms with Crippen LogP contribution >= 0.6 is 0 Å². The van der Waals surface area contributed by atoms with Crippen molar-refractivity contribution in [2.24, 2.45) is 11.8 Å². The van der Waals surface area contributed by atoms with Crippen LogP contribution in [0.15, 0.2) is 15.4 Å². The minimum atomic E-state index is -3.46. The molecule has 1 heterocycles. The number of rotatable bonds is 6. The van der Waals surface area contributed by atoms with Crippen molar-refractivity contribution in [2.75, 3.05) is 13.6 Å². The normalized spacial score (nSPS) is 23.4. The summed E-state index contributed by atoms with van der Waals surface area (Å²) in [5.74, 6) is 2.26. The van der Waals surface area contributed by atoms with Crippen LogP contribution in [0.4, 0.5) is 0 Å². The van der Waals surface area contributed by atoms with Crippen molar-refractivity contribution in [3.63, 3.8) is 0 Å². The van der Waals surface area contributed by atoms with Gasteiger partial charge in [0.2, 0.25) is 10.0 Å². The molecule has 1 fully saturated rings. The van der Waals surface area contributed by atoms with Crippen LogP contribution in [-0.2, 0) is 16.6 Å². The molecule has 6 heteroatoms. The lowest BCUT2D eigenvalue weighted by Crippen LogP contribution is -2.28. The molecule has 2 rings (SSSR count). The fourth-order valence-corrected chi connectivity index (χ4v) is 4.19. The Morgan fingerprint density at radius 1 is 1.40 bits per heavy atom. The molecule has 0 radical (unpaired) electrons. The average molecular weight is 300 g/mol. The molecule has 1 aromatic heterocycles. The lowest BCUT2D eigenvalue weighted by Gasteiger charge is -2.11. The first-order chi connectivity index (χ1) is 9.42. The summed E-state index contributed by atoms with van der Waals surface area (Å²) in [4.78, 5) is 0.258. The smallest absolute Gasteiger partial charge is 0.244 e. The van der Waals surface area contributed by atoms with Gasteiger partial charge >= 0.3 is 0 Å². The van der Waals surface area contributed by atoms with Crippen molar-refractivity contribution >= 4 is 10.0 Å². The Kier molecular flexibility index (Phi) is 4.88. The summed E-state index contributed by atoms with van der Waals surface area (Å²) in [5.41, 5.74) is 0. The van der Waals surface area contributed by atoms with E-state index in [-0.39, 0.29) is 4.90 Å². The van der Waals surface area contributed by atoms with Gasteiger partial charge in [-0.2, -0.15) is 0 Å². The quantitative estimate of drug-likeness (QED) is 0.843. The molecule has 20 heavy (non-hydrogen) atoms. The molecule has 2 N–H and O–H groups in total. The highest BCUT2D eigenvalue weighted by Gasteiger charge is 2.25. The third kappa shape index (κ3) is 3.62. The van der Waals surface area contributed by atoms with Crippen molar-refractivity contribution in [1.29, 1.82) is 0 Å². The fraction of sp³-hybridized carbons (Fsp3) is 0.714. The molecule has 2 unspecified atom stereocenters. The monoisotopic (exact) mass is 300 g/mol. The van der Waals surface area contributed by atoms with Crippen molar-refractivity contribution in [2.45, 2.75) is 44.6 Å². The van der Waals surface area contributed by atoms with Gasteiger partial charge in [0.1, 0.15) is 16.4 Å². The SMILES string of the molecule is CNCc1cc(S(=O)(=O)NCC2CCC(C)C2)c(C)o1. The maximum atomic E-state index is 12.3. The summed E-state index contributed by atoms with van der Waals surface area (Å²) in [6.45, 7) is 4.96. The van der Waals surface area contributed by atoms with Crippen LogP contribution in [0.25, 0.3) is 0 Å². The summed E-state index contributed by atoms with van der Waals surface area (Å²) in [6, 6.07) is 1.60. The van der Waals surface area contributed by atoms with E-state index in [9.17, 15) is 8.42 Å². The van der Waals surface area contributed by atoms with Gasteiger partial charge in [-0.05, 0) is 38.6 Å². The maximum absolute atomic E-state index is 12.3. The molecule has 0 aliphatic heterocycles. The van der Waals surface area contributed by atoms with Crippen LogP contribution in [0.5, 0.6) is 0 Å². The molecule has 0 bridgehead atoms. The van der Waals surface area contributed by atoms with Gasteiger partial charge in [-0.3, -0.25) is 0 Å². The summed E-state index contributed by atoms with van der Waals surface area (Å²) >= 11 is 0. The Labute approximate surface area is 121 Å². The molecule has 1 aliphatic carbocycles. The molecule has 0 aromatic carbocycles. The third-order valence-electron chi connectivity index (χ3n) is 3.93. The molecule has 0 amide bonds. The molecule has 1 aromatic rings. The van der Waals surface area contributed by atoms with Crippen molar-refractivity contribution in [1.82, 2.24) is 10.0 Å². The predicted molar refractivity (Wildman–Crippen MR) is 77.9 cm³/mol. The van der Waals surface area contributed by atoms with E-state index in [4.69, 9.17) is 4.42 Å². The second-order valence-corrected chi connectivity index (χ2v) is 7.54. The van der Waals surface area contributed by atoms with Crippen LogP contribution in [0.1, 0.15) is 37.7 Å². The summed E-state index contributed by atoms with van der Waals surface area (Å²) < 4.78 is 32.8. The van der Waals surface area contributed by atoms with Crippen LogP contribution in [-0.4, -0.2) is 22.0 Å². The van der Waals surface area contributed by atoms with Crippen LogP contribution in [0.3, 0.4) is 0 Å². The van der Waals surface area contributed by atoms with Gasteiger partial charge in [0.25, 0.3) is 0 Å². The zero-order chi connectivity index (χ0) is 14.8. The molecule has 1 aliphatic rings. The van der Waals surface area contributed by atoms with Gasteiger partial charge in [0.05, 0.1) is 6.54 Å². The second kappa shape index (κ2) is 6.28. The van der Waals surface area contributed by atoms with E-state index in [1.54, 1.807) is 20.0 Å². The number of aryl methyl sites for hydroxylation is 1. The summed E-state index contributed by atoms with van der Waals surface area (Å²) in [5, 5.41) is 2.95. The van der Waals surface area contributed by atoms with Gasteiger partial charge in [-0.1, -0.05) is 13.3 Å². The second-order valence-electron chi connectivity index (χ2n) is 5.80. The van der Waals surface area contributed by atoms with E-state index in [1.165, 1.54) is 6.42 Å². The molecule has 1 saturated carbocycles. The third-order valence-corrected chi connectivity index (χ3v) is 5.46. The van der Waals surface area contributed by atoms with Gasteiger partial charge < -0.3 is 9.73 Å². The highest BCUT2D eigenvalue weighted by Crippen LogP contribution is 2.30. The first-order valence-corrected chi connectivity index (χ1v) is 8.64. The molecule has 0 spiro atoms. The molecule has 2 atom stereocenters. The fourth-order valence-electron chi connectivity index (χ4n) is 2.87. The standard InChI is InChI=1S/C14H24N2O3S/c1-10-4-5-12(6-10)8-16-20(17,18)14-7-13(9-15-3)19-11(14)2/h7,10,12,15-16H,4-6,8-9H2,1-3H3. The molecule has 5 nitrogen and oxygen atoms in total. The first kappa shape index (κ1) is 15.5. The van der Waals surface area contributed by atoms with Crippen LogP contribution < -0.4 is 10.0 Å². The summed E-state index contributed by atoms with van der Waals surface area (Å²) in [6.07, 6.45) is 3.42. The van der Waals surface area contributed by atoms with E-state index in [1.807, 2.05) is 0 Å². The van der Waals surface area contributed by atoms with Crippen LogP contribution in [0.2, 0.25) is 0 Å². The topological polar surface area (TPSA) is 71.3 Å². The highest BCUT2D eigenvalue weighted by atomic mass is 32.2. The zero-order valence-corrected chi connectivity index (χ0v) is 13.2. The predicted octanol–water partition coefficient (Wildman–Crippen LogP) is 2.02. The van der Waals surface area contributed by atoms with Gasteiger partial charge in [-0.15, -0.1) is 0 Å². The largest absolute Gasteiger partial charge is 0.464 e. The van der Waals surface area contributed by atoms with Crippen molar-refractivity contribution in [3.05, 3.63) is 17.6 Å². The Morgan fingerprint density at radius 3 is 2.75 bits per heavy atom. The van der Waals surface area contributed by atoms with E-state index in [0.29, 0.717) is 36.4 Å². The minimum absolute atomic E-state index is 0.258. The van der Waals surface area contributed by atoms with Gasteiger partial charge in [0, 0.05) is 12.6 Å². The average Bonchev–Trinajstić information content (AvgIpc) is 2.94. The summed E-state index contributed by atoms with van der Waals surface area (Å²) in [7, 11) is -1.67. The first-order valence-electron chi connectivity index (χ1n) is 7.16. The van der Waals surface area contributed by atoms with E-state index >= 15 is 0 Å². The van der Waals surface area contributed by atoms with Crippen LogP contribution in [0, 0.1) is 18.8 Å². The Hall–Kier alpha value is -0.850. The molecule has 114 valence electrons. The van der Waals surface area contributed by atoms with E-state index < -0.39 is 10.0 Å². The highest BCUT2D eigenvalue weighted by molar-refractivity contribution is 7.89. The maximum Gasteiger partial charge on any atom is 0.244 e. The number of hydrogen-bond acceptors (Lipinski definition) is 4. The number of nitrogens with one attached hydrogen (secondary N) is 2. The Balaban J connectivity index is 2.02. The van der Waals surface area contributed by atoms with E-state index in [2.05, 4.69) is 17.0 Å². The van der Waals surface area contributed by atoms with Gasteiger partial charge in [0.15, 0.2) is 0 Å². The minimum Gasteiger partial charge on any atom is -0.464 e. The zero-order valence-electron chi connectivity index (χ0n) is 12.4. The molecule has 0 saturated heterocycles.